The molecule has 1 atom stereocenters. The number of urea groups is 1. The summed E-state index contributed by atoms with van der Waals surface area (Å²) < 4.78 is 5.35. The Labute approximate surface area is 197 Å². The molecular formula is C23H37ClN4O4. The van der Waals surface area contributed by atoms with Crippen LogP contribution in [-0.2, 0) is 11.2 Å². The van der Waals surface area contributed by atoms with Crippen LogP contribution in [0.25, 0.3) is 0 Å². The number of non-ortho nitro benzene ring substituents is 1. The summed E-state index contributed by atoms with van der Waals surface area (Å²) in [6, 6.07) is 7.45. The van der Waals surface area contributed by atoms with E-state index in [1.54, 1.807) is 18.2 Å². The number of carbonyl (C=O) groups excluding carboxylic acids is 1. The van der Waals surface area contributed by atoms with Crippen molar-refractivity contribution in [2.45, 2.75) is 45.6 Å². The highest BCUT2D eigenvalue weighted by atomic mass is 35.5. The number of benzene rings is 1. The monoisotopic (exact) mass is 468 g/mol. The zero-order valence-electron chi connectivity index (χ0n) is 19.3. The van der Waals surface area contributed by atoms with Crippen LogP contribution in [0.4, 0.5) is 10.5 Å². The Hall–Kier alpha value is -1.90. The van der Waals surface area contributed by atoms with E-state index in [1.807, 2.05) is 15.9 Å². The van der Waals surface area contributed by atoms with Crippen LogP contribution in [0.3, 0.4) is 0 Å². The maximum absolute atomic E-state index is 12.7. The molecule has 2 fully saturated rings. The van der Waals surface area contributed by atoms with E-state index in [1.165, 1.54) is 0 Å². The number of piperidine rings is 1. The van der Waals surface area contributed by atoms with Gasteiger partial charge in [0.15, 0.2) is 0 Å². The van der Waals surface area contributed by atoms with Crippen LogP contribution in [0, 0.1) is 16.0 Å². The van der Waals surface area contributed by atoms with Crippen LogP contribution in [0.5, 0.6) is 0 Å². The first-order valence-electron chi connectivity index (χ1n) is 11.6. The number of morpholine rings is 1. The first-order valence-corrected chi connectivity index (χ1v) is 11.6. The molecule has 2 heterocycles. The number of hydrogen-bond acceptors (Lipinski definition) is 5. The lowest BCUT2D eigenvalue weighted by molar-refractivity contribution is -0.384. The van der Waals surface area contributed by atoms with Crippen molar-refractivity contribution in [1.29, 1.82) is 0 Å². The minimum Gasteiger partial charge on any atom is -0.378 e. The summed E-state index contributed by atoms with van der Waals surface area (Å²) >= 11 is 0. The Kier molecular flexibility index (Phi) is 10.7. The Bertz CT molecular complexity index is 736. The lowest BCUT2D eigenvalue weighted by Gasteiger charge is -2.39. The van der Waals surface area contributed by atoms with Gasteiger partial charge in [-0.2, -0.15) is 0 Å². The van der Waals surface area contributed by atoms with E-state index in [0.29, 0.717) is 38.3 Å². The van der Waals surface area contributed by atoms with E-state index in [-0.39, 0.29) is 29.0 Å². The number of likely N-dealkylation sites (tertiary alicyclic amines) is 1. The normalized spacial score (nSPS) is 18.3. The summed E-state index contributed by atoms with van der Waals surface area (Å²) in [6.07, 6.45) is 3.93. The number of nitrogens with zero attached hydrogens (tertiary/aromatic N) is 4. The molecule has 0 radical (unpaired) electrons. The van der Waals surface area contributed by atoms with Gasteiger partial charge >= 0.3 is 6.03 Å². The summed E-state index contributed by atoms with van der Waals surface area (Å²) in [5, 5.41) is 11.1. The molecule has 2 aliphatic heterocycles. The van der Waals surface area contributed by atoms with E-state index in [2.05, 4.69) is 18.7 Å². The number of nitro benzene ring substituents is 1. The summed E-state index contributed by atoms with van der Waals surface area (Å²) in [5.41, 5.74) is 1.16. The van der Waals surface area contributed by atoms with Crippen LogP contribution >= 0.6 is 12.4 Å². The fourth-order valence-corrected chi connectivity index (χ4v) is 4.64. The quantitative estimate of drug-likeness (QED) is 0.428. The lowest BCUT2D eigenvalue weighted by atomic mass is 9.95. The van der Waals surface area contributed by atoms with Gasteiger partial charge < -0.3 is 19.4 Å². The average molecular weight is 469 g/mol. The Morgan fingerprint density at radius 1 is 1.22 bits per heavy atom. The predicted octanol–water partition coefficient (Wildman–Crippen LogP) is 3.82. The highest BCUT2D eigenvalue weighted by molar-refractivity contribution is 5.85. The van der Waals surface area contributed by atoms with Gasteiger partial charge in [-0.25, -0.2) is 4.79 Å². The maximum Gasteiger partial charge on any atom is 0.320 e. The zero-order valence-corrected chi connectivity index (χ0v) is 20.1. The molecule has 0 bridgehead atoms. The number of carbonyl (C=O) groups is 1. The van der Waals surface area contributed by atoms with Crippen LogP contribution in [0.15, 0.2) is 24.3 Å². The summed E-state index contributed by atoms with van der Waals surface area (Å²) in [7, 11) is 0. The molecule has 8 nitrogen and oxygen atoms in total. The maximum atomic E-state index is 12.7. The van der Waals surface area contributed by atoms with Crippen LogP contribution in [-0.4, -0.2) is 84.2 Å². The predicted molar refractivity (Wildman–Crippen MR) is 127 cm³/mol. The van der Waals surface area contributed by atoms with Gasteiger partial charge in [0.05, 0.1) is 18.1 Å². The van der Waals surface area contributed by atoms with Gasteiger partial charge in [0.25, 0.3) is 5.69 Å². The molecule has 0 spiro atoms. The molecule has 9 heteroatoms. The molecule has 2 amide bonds. The minimum absolute atomic E-state index is 0. The van der Waals surface area contributed by atoms with Crippen molar-refractivity contribution in [1.82, 2.24) is 14.7 Å². The molecule has 0 N–H and O–H groups in total. The van der Waals surface area contributed by atoms with E-state index < -0.39 is 0 Å². The van der Waals surface area contributed by atoms with Crippen LogP contribution < -0.4 is 0 Å². The molecule has 2 aliphatic rings. The molecule has 0 saturated carbocycles. The first kappa shape index (κ1) is 26.4. The van der Waals surface area contributed by atoms with Crippen molar-refractivity contribution >= 4 is 24.1 Å². The van der Waals surface area contributed by atoms with Gasteiger partial charge in [0, 0.05) is 50.9 Å². The highest BCUT2D eigenvalue weighted by Crippen LogP contribution is 2.22. The SMILES string of the molecule is CCCN(CC1CCN(C(=O)N2CCOCC2)CC1)C(C)Cc1cccc([N+](=O)[O-])c1.Cl. The van der Waals surface area contributed by atoms with Crippen molar-refractivity contribution in [2.24, 2.45) is 5.92 Å². The minimum atomic E-state index is -0.329. The van der Waals surface area contributed by atoms with Crippen molar-refractivity contribution in [3.05, 3.63) is 39.9 Å². The van der Waals surface area contributed by atoms with Gasteiger partial charge in [0.1, 0.15) is 0 Å². The second-order valence-corrected chi connectivity index (χ2v) is 8.79. The molecule has 2 saturated heterocycles. The second-order valence-electron chi connectivity index (χ2n) is 8.79. The third-order valence-corrected chi connectivity index (χ3v) is 6.45. The van der Waals surface area contributed by atoms with Crippen LogP contribution in [0.1, 0.15) is 38.7 Å². The fourth-order valence-electron chi connectivity index (χ4n) is 4.64. The number of halogens is 1. The zero-order chi connectivity index (χ0) is 22.2. The van der Waals surface area contributed by atoms with Gasteiger partial charge in [-0.1, -0.05) is 19.1 Å². The molecule has 1 aromatic carbocycles. The Morgan fingerprint density at radius 3 is 2.50 bits per heavy atom. The number of rotatable bonds is 8. The molecule has 1 unspecified atom stereocenters. The van der Waals surface area contributed by atoms with E-state index in [0.717, 1.165) is 57.4 Å². The molecular weight excluding hydrogens is 432 g/mol. The summed E-state index contributed by atoms with van der Waals surface area (Å²) in [4.78, 5) is 29.9. The molecule has 0 aromatic heterocycles. The number of hydrogen-bond donors (Lipinski definition) is 0. The number of amides is 2. The van der Waals surface area contributed by atoms with Gasteiger partial charge in [-0.05, 0) is 50.6 Å². The Morgan fingerprint density at radius 2 is 1.88 bits per heavy atom. The van der Waals surface area contributed by atoms with Crippen molar-refractivity contribution in [2.75, 3.05) is 52.5 Å². The third kappa shape index (κ3) is 7.32. The summed E-state index contributed by atoms with van der Waals surface area (Å²) in [6.45, 7) is 10.7. The van der Waals surface area contributed by atoms with Gasteiger partial charge in [-0.15, -0.1) is 12.4 Å². The third-order valence-electron chi connectivity index (χ3n) is 6.45. The van der Waals surface area contributed by atoms with Crippen LogP contribution in [0.2, 0.25) is 0 Å². The second kappa shape index (κ2) is 13.0. The van der Waals surface area contributed by atoms with E-state index in [9.17, 15) is 14.9 Å². The topological polar surface area (TPSA) is 79.2 Å². The smallest absolute Gasteiger partial charge is 0.320 e. The fraction of sp³-hybridized carbons (Fsp3) is 0.696. The van der Waals surface area contributed by atoms with Gasteiger partial charge in [-0.3, -0.25) is 10.1 Å². The lowest BCUT2D eigenvalue weighted by Crippen LogP contribution is -2.51. The molecule has 180 valence electrons. The highest BCUT2D eigenvalue weighted by Gasteiger charge is 2.28. The molecule has 3 rings (SSSR count). The van der Waals surface area contributed by atoms with Gasteiger partial charge in [0.2, 0.25) is 0 Å². The van der Waals surface area contributed by atoms with E-state index in [4.69, 9.17) is 4.74 Å². The number of nitro groups is 1. The van der Waals surface area contributed by atoms with Crippen molar-refractivity contribution < 1.29 is 14.5 Å². The largest absolute Gasteiger partial charge is 0.378 e. The van der Waals surface area contributed by atoms with E-state index >= 15 is 0 Å². The Balaban J connectivity index is 0.00000363. The molecule has 0 aliphatic carbocycles. The molecule has 32 heavy (non-hydrogen) atoms. The standard InChI is InChI=1S/C23H36N4O4.ClH/c1-3-9-26(19(2)16-21-5-4-6-22(17-21)27(29)30)18-20-7-10-24(11-8-20)23(28)25-12-14-31-15-13-25;/h4-6,17,19-20H,3,7-16,18H2,1-2H3;1H. The number of ether oxygens (including phenoxy) is 1. The van der Waals surface area contributed by atoms with Crippen molar-refractivity contribution in [3.63, 3.8) is 0 Å². The first-order chi connectivity index (χ1) is 15.0. The van der Waals surface area contributed by atoms with Crippen molar-refractivity contribution in [3.8, 4) is 0 Å². The average Bonchev–Trinajstić information content (AvgIpc) is 2.79. The summed E-state index contributed by atoms with van der Waals surface area (Å²) in [5.74, 6) is 0.577. The molecule has 1 aromatic rings.